The first-order valence-corrected chi connectivity index (χ1v) is 7.25. The lowest BCUT2D eigenvalue weighted by atomic mass is 10.0. The fourth-order valence-electron chi connectivity index (χ4n) is 2.22. The average molecular weight is 302 g/mol. The van der Waals surface area contributed by atoms with Crippen LogP contribution in [0.15, 0.2) is 18.2 Å². The lowest BCUT2D eigenvalue weighted by molar-refractivity contribution is -0.144. The zero-order valence-electron chi connectivity index (χ0n) is 12.2. The molecule has 0 heterocycles. The van der Waals surface area contributed by atoms with Gasteiger partial charge in [0.05, 0.1) is 18.1 Å². The van der Waals surface area contributed by atoms with Gasteiger partial charge in [-0.15, -0.1) is 0 Å². The largest absolute Gasteiger partial charge is 0.466 e. The molecular formula is C15H21ClFNO2. The summed E-state index contributed by atoms with van der Waals surface area (Å²) in [5, 5.41) is 0.0863. The number of ether oxygens (including phenoxy) is 1. The van der Waals surface area contributed by atoms with Gasteiger partial charge in [-0.25, -0.2) is 4.39 Å². The maximum Gasteiger partial charge on any atom is 0.307 e. The van der Waals surface area contributed by atoms with E-state index in [0.717, 1.165) is 18.7 Å². The van der Waals surface area contributed by atoms with Crippen LogP contribution in [0.5, 0.6) is 0 Å². The minimum atomic E-state index is -0.467. The number of halogens is 2. The second-order valence-corrected chi connectivity index (χ2v) is 4.83. The Bertz CT molecular complexity index is 449. The zero-order valence-corrected chi connectivity index (χ0v) is 12.9. The predicted molar refractivity (Wildman–Crippen MR) is 78.3 cm³/mol. The molecule has 0 spiro atoms. The Hall–Kier alpha value is -1.13. The van der Waals surface area contributed by atoms with E-state index >= 15 is 0 Å². The van der Waals surface area contributed by atoms with Gasteiger partial charge in [0.1, 0.15) is 5.82 Å². The Kier molecular flexibility index (Phi) is 6.96. The van der Waals surface area contributed by atoms with E-state index in [0.29, 0.717) is 6.61 Å². The van der Waals surface area contributed by atoms with Crippen molar-refractivity contribution in [2.45, 2.75) is 33.2 Å². The Labute approximate surface area is 124 Å². The third-order valence-electron chi connectivity index (χ3n) is 3.25. The fraction of sp³-hybridized carbons (Fsp3) is 0.533. The van der Waals surface area contributed by atoms with E-state index in [1.54, 1.807) is 13.0 Å². The number of carbonyl (C=O) groups is 1. The molecule has 0 aliphatic carbocycles. The SMILES string of the molecule is CCOC(=O)CC(c1ccc(Cl)c(F)c1)N(CC)CC. The van der Waals surface area contributed by atoms with Crippen LogP contribution in [-0.2, 0) is 9.53 Å². The van der Waals surface area contributed by atoms with Gasteiger partial charge in [-0.1, -0.05) is 31.5 Å². The Morgan fingerprint density at radius 2 is 2.00 bits per heavy atom. The molecule has 1 atom stereocenters. The van der Waals surface area contributed by atoms with Gasteiger partial charge in [-0.05, 0) is 37.7 Å². The van der Waals surface area contributed by atoms with E-state index < -0.39 is 5.82 Å². The summed E-state index contributed by atoms with van der Waals surface area (Å²) in [6.45, 7) is 7.67. The minimum Gasteiger partial charge on any atom is -0.466 e. The van der Waals surface area contributed by atoms with Crippen LogP contribution < -0.4 is 0 Å². The van der Waals surface area contributed by atoms with Gasteiger partial charge in [0.2, 0.25) is 0 Å². The highest BCUT2D eigenvalue weighted by Gasteiger charge is 2.22. The molecule has 0 aliphatic rings. The fourth-order valence-corrected chi connectivity index (χ4v) is 2.34. The molecule has 1 rings (SSSR count). The third kappa shape index (κ3) is 4.46. The molecule has 5 heteroatoms. The van der Waals surface area contributed by atoms with Gasteiger partial charge >= 0.3 is 5.97 Å². The number of nitrogens with zero attached hydrogens (tertiary/aromatic N) is 1. The maximum atomic E-state index is 13.6. The van der Waals surface area contributed by atoms with Crippen LogP contribution in [0.25, 0.3) is 0 Å². The van der Waals surface area contributed by atoms with Crippen LogP contribution in [-0.4, -0.2) is 30.6 Å². The number of benzene rings is 1. The zero-order chi connectivity index (χ0) is 15.1. The van der Waals surface area contributed by atoms with Crippen molar-refractivity contribution < 1.29 is 13.9 Å². The van der Waals surface area contributed by atoms with Gasteiger partial charge in [0, 0.05) is 6.04 Å². The first-order chi connectivity index (χ1) is 9.53. The minimum absolute atomic E-state index is 0.0863. The van der Waals surface area contributed by atoms with Crippen molar-refractivity contribution in [3.8, 4) is 0 Å². The first-order valence-electron chi connectivity index (χ1n) is 6.88. The highest BCUT2D eigenvalue weighted by molar-refractivity contribution is 6.30. The van der Waals surface area contributed by atoms with E-state index in [9.17, 15) is 9.18 Å². The van der Waals surface area contributed by atoms with E-state index in [-0.39, 0.29) is 23.5 Å². The van der Waals surface area contributed by atoms with Crippen LogP contribution >= 0.6 is 11.6 Å². The summed E-state index contributed by atoms with van der Waals surface area (Å²) in [6, 6.07) is 4.47. The summed E-state index contributed by atoms with van der Waals surface area (Å²) >= 11 is 5.71. The second-order valence-electron chi connectivity index (χ2n) is 4.42. The molecule has 112 valence electrons. The normalized spacial score (nSPS) is 12.5. The quantitative estimate of drug-likeness (QED) is 0.717. The molecule has 0 aromatic heterocycles. The van der Waals surface area contributed by atoms with Gasteiger partial charge in [0.15, 0.2) is 0 Å². The van der Waals surface area contributed by atoms with E-state index in [1.807, 2.05) is 13.8 Å². The van der Waals surface area contributed by atoms with Crippen molar-refractivity contribution in [2.75, 3.05) is 19.7 Å². The van der Waals surface area contributed by atoms with Crippen molar-refractivity contribution in [3.05, 3.63) is 34.6 Å². The molecule has 0 aliphatic heterocycles. The van der Waals surface area contributed by atoms with E-state index in [4.69, 9.17) is 16.3 Å². The summed E-state index contributed by atoms with van der Waals surface area (Å²) in [4.78, 5) is 13.8. The molecule has 0 saturated heterocycles. The summed E-state index contributed by atoms with van der Waals surface area (Å²) in [5.74, 6) is -0.745. The van der Waals surface area contributed by atoms with Crippen molar-refractivity contribution >= 4 is 17.6 Å². The van der Waals surface area contributed by atoms with Gasteiger partial charge in [-0.3, -0.25) is 9.69 Å². The monoisotopic (exact) mass is 301 g/mol. The Balaban J connectivity index is 3.02. The summed E-state index contributed by atoms with van der Waals surface area (Å²) < 4.78 is 18.6. The third-order valence-corrected chi connectivity index (χ3v) is 3.55. The van der Waals surface area contributed by atoms with Gasteiger partial charge < -0.3 is 4.74 Å². The number of esters is 1. The molecule has 0 saturated carbocycles. The smallest absolute Gasteiger partial charge is 0.307 e. The first kappa shape index (κ1) is 16.9. The average Bonchev–Trinajstić information content (AvgIpc) is 2.42. The molecular weight excluding hydrogens is 281 g/mol. The van der Waals surface area contributed by atoms with Crippen molar-refractivity contribution in [2.24, 2.45) is 0 Å². The van der Waals surface area contributed by atoms with Crippen LogP contribution in [0.2, 0.25) is 5.02 Å². The van der Waals surface area contributed by atoms with Crippen molar-refractivity contribution in [1.29, 1.82) is 0 Å². The van der Waals surface area contributed by atoms with Crippen LogP contribution in [0.4, 0.5) is 4.39 Å². The summed E-state index contributed by atoms with van der Waals surface area (Å²) in [6.07, 6.45) is 0.205. The standard InChI is InChI=1S/C15H21ClFNO2/c1-4-18(5-2)14(10-15(19)20-6-3)11-7-8-12(16)13(17)9-11/h7-9,14H,4-6,10H2,1-3H3. The van der Waals surface area contributed by atoms with E-state index in [1.165, 1.54) is 12.1 Å². The topological polar surface area (TPSA) is 29.5 Å². The number of hydrogen-bond acceptors (Lipinski definition) is 3. The van der Waals surface area contributed by atoms with Crippen molar-refractivity contribution in [3.63, 3.8) is 0 Å². The molecule has 1 aromatic rings. The summed E-state index contributed by atoms with van der Waals surface area (Å²) in [5.41, 5.74) is 0.739. The van der Waals surface area contributed by atoms with Gasteiger partial charge in [0.25, 0.3) is 0 Å². The number of carbonyl (C=O) groups excluding carboxylic acids is 1. The number of rotatable bonds is 7. The molecule has 1 aromatic carbocycles. The highest BCUT2D eigenvalue weighted by Crippen LogP contribution is 2.27. The van der Waals surface area contributed by atoms with Crippen LogP contribution in [0.1, 0.15) is 38.8 Å². The molecule has 0 amide bonds. The van der Waals surface area contributed by atoms with Gasteiger partial charge in [-0.2, -0.15) is 0 Å². The Morgan fingerprint density at radius 1 is 1.35 bits per heavy atom. The molecule has 0 N–H and O–H groups in total. The molecule has 3 nitrogen and oxygen atoms in total. The van der Waals surface area contributed by atoms with E-state index in [2.05, 4.69) is 4.90 Å². The molecule has 20 heavy (non-hydrogen) atoms. The molecule has 0 radical (unpaired) electrons. The van der Waals surface area contributed by atoms with Crippen LogP contribution in [0.3, 0.4) is 0 Å². The van der Waals surface area contributed by atoms with Crippen LogP contribution in [0, 0.1) is 5.82 Å². The predicted octanol–water partition coefficient (Wildman–Crippen LogP) is 3.82. The number of hydrogen-bond donors (Lipinski definition) is 0. The Morgan fingerprint density at radius 3 is 2.50 bits per heavy atom. The molecule has 1 unspecified atom stereocenters. The molecule has 0 bridgehead atoms. The lowest BCUT2D eigenvalue weighted by Gasteiger charge is -2.29. The lowest BCUT2D eigenvalue weighted by Crippen LogP contribution is -2.30. The van der Waals surface area contributed by atoms with Crippen molar-refractivity contribution in [1.82, 2.24) is 4.90 Å². The summed E-state index contributed by atoms with van der Waals surface area (Å²) in [7, 11) is 0. The molecule has 0 fully saturated rings. The second kappa shape index (κ2) is 8.22. The maximum absolute atomic E-state index is 13.6. The highest BCUT2D eigenvalue weighted by atomic mass is 35.5.